The van der Waals surface area contributed by atoms with Crippen molar-refractivity contribution in [3.05, 3.63) is 72.1 Å². The minimum absolute atomic E-state index is 0.317. The molecule has 4 nitrogen and oxygen atoms in total. The van der Waals surface area contributed by atoms with Gasteiger partial charge < -0.3 is 5.32 Å². The van der Waals surface area contributed by atoms with Crippen molar-refractivity contribution >= 4 is 23.4 Å². The fraction of sp³-hybridized carbons (Fsp3) is 0.111. The molecule has 3 rings (SSSR count). The van der Waals surface area contributed by atoms with Gasteiger partial charge in [-0.15, -0.1) is 0 Å². The number of hydrogen-bond acceptors (Lipinski definition) is 3. The van der Waals surface area contributed by atoms with Gasteiger partial charge in [0.25, 0.3) is 11.7 Å². The summed E-state index contributed by atoms with van der Waals surface area (Å²) in [5, 5.41) is 6.88. The number of anilines is 1. The topological polar surface area (TPSA) is 46.9 Å². The number of amides is 1. The number of carbonyl (C=O) groups excluding carboxylic acids is 1. The highest BCUT2D eigenvalue weighted by molar-refractivity contribution is 7.99. The van der Waals surface area contributed by atoms with E-state index in [-0.39, 0.29) is 0 Å². The zero-order valence-electron chi connectivity index (χ0n) is 13.3. The zero-order chi connectivity index (χ0) is 17.8. The third kappa shape index (κ3) is 4.06. The number of hydrogen-bond donors (Lipinski definition) is 1. The standard InChI is InChI=1S/C18H15F2N3OS/c1-12-6-2-4-8-15(12)23-11-13(10-21-23)17(24)22-14-7-3-5-9-16(14)25-18(19)20/h2-11,18H,1H3,(H,22,24). The van der Waals surface area contributed by atoms with Crippen molar-refractivity contribution in [1.29, 1.82) is 0 Å². The molecule has 0 spiro atoms. The van der Waals surface area contributed by atoms with Crippen LogP contribution in [0.3, 0.4) is 0 Å². The largest absolute Gasteiger partial charge is 0.321 e. The van der Waals surface area contributed by atoms with Crippen molar-refractivity contribution in [2.75, 3.05) is 5.32 Å². The smallest absolute Gasteiger partial charge is 0.288 e. The molecule has 25 heavy (non-hydrogen) atoms. The number of thioether (sulfide) groups is 1. The molecule has 0 bridgehead atoms. The van der Waals surface area contributed by atoms with Gasteiger partial charge in [0.15, 0.2) is 0 Å². The molecule has 0 radical (unpaired) electrons. The SMILES string of the molecule is Cc1ccccc1-n1cc(C(=O)Nc2ccccc2SC(F)F)cn1. The van der Waals surface area contributed by atoms with Crippen molar-refractivity contribution in [3.63, 3.8) is 0 Å². The Morgan fingerprint density at radius 3 is 2.64 bits per heavy atom. The Morgan fingerprint density at radius 2 is 1.88 bits per heavy atom. The van der Waals surface area contributed by atoms with Gasteiger partial charge in [0, 0.05) is 11.1 Å². The summed E-state index contributed by atoms with van der Waals surface area (Å²) in [7, 11) is 0. The highest BCUT2D eigenvalue weighted by Crippen LogP contribution is 2.31. The summed E-state index contributed by atoms with van der Waals surface area (Å²) < 4.78 is 26.9. The fourth-order valence-electron chi connectivity index (χ4n) is 2.36. The Balaban J connectivity index is 1.81. The number of nitrogens with one attached hydrogen (secondary N) is 1. The summed E-state index contributed by atoms with van der Waals surface area (Å²) in [6, 6.07) is 14.1. The maximum absolute atomic E-state index is 12.6. The molecule has 128 valence electrons. The average Bonchev–Trinajstić information content (AvgIpc) is 3.06. The van der Waals surface area contributed by atoms with Crippen LogP contribution >= 0.6 is 11.8 Å². The van der Waals surface area contributed by atoms with Crippen LogP contribution in [-0.2, 0) is 0 Å². The maximum atomic E-state index is 12.6. The first kappa shape index (κ1) is 17.2. The van der Waals surface area contributed by atoms with Crippen LogP contribution in [-0.4, -0.2) is 21.4 Å². The van der Waals surface area contributed by atoms with E-state index in [0.717, 1.165) is 11.3 Å². The second-order valence-corrected chi connectivity index (χ2v) is 6.32. The molecule has 1 heterocycles. The second-order valence-electron chi connectivity index (χ2n) is 5.29. The second kappa shape index (κ2) is 7.48. The van der Waals surface area contributed by atoms with Gasteiger partial charge in [-0.25, -0.2) is 4.68 Å². The predicted molar refractivity (Wildman–Crippen MR) is 94.6 cm³/mol. The molecule has 0 fully saturated rings. The van der Waals surface area contributed by atoms with Crippen molar-refractivity contribution in [1.82, 2.24) is 9.78 Å². The molecule has 0 unspecified atom stereocenters. The van der Waals surface area contributed by atoms with E-state index in [1.165, 1.54) is 6.20 Å². The molecule has 0 aliphatic heterocycles. The predicted octanol–water partition coefficient (Wildman–Crippen LogP) is 4.75. The minimum atomic E-state index is -2.55. The van der Waals surface area contributed by atoms with Gasteiger partial charge in [0.2, 0.25) is 0 Å². The zero-order valence-corrected chi connectivity index (χ0v) is 14.1. The van der Waals surface area contributed by atoms with E-state index in [0.29, 0.717) is 27.9 Å². The first-order chi connectivity index (χ1) is 12.0. The molecule has 1 amide bonds. The highest BCUT2D eigenvalue weighted by Gasteiger charge is 2.14. The quantitative estimate of drug-likeness (QED) is 0.669. The lowest BCUT2D eigenvalue weighted by Gasteiger charge is -2.09. The molecule has 3 aromatic rings. The third-order valence-electron chi connectivity index (χ3n) is 3.56. The molecule has 0 aliphatic carbocycles. The van der Waals surface area contributed by atoms with E-state index >= 15 is 0 Å². The van der Waals surface area contributed by atoms with Gasteiger partial charge >= 0.3 is 0 Å². The fourth-order valence-corrected chi connectivity index (χ4v) is 2.95. The number of nitrogens with zero attached hydrogens (tertiary/aromatic N) is 2. The molecule has 2 aromatic carbocycles. The summed E-state index contributed by atoms with van der Waals surface area (Å²) >= 11 is 0.397. The third-order valence-corrected chi connectivity index (χ3v) is 4.35. The van der Waals surface area contributed by atoms with Crippen LogP contribution < -0.4 is 5.32 Å². The van der Waals surface area contributed by atoms with E-state index in [4.69, 9.17) is 0 Å². The number of carbonyl (C=O) groups is 1. The van der Waals surface area contributed by atoms with Crippen molar-refractivity contribution in [2.45, 2.75) is 17.6 Å². The van der Waals surface area contributed by atoms with Crippen LogP contribution in [0.25, 0.3) is 5.69 Å². The number of benzene rings is 2. The van der Waals surface area contributed by atoms with Gasteiger partial charge in [-0.1, -0.05) is 42.1 Å². The first-order valence-corrected chi connectivity index (χ1v) is 8.38. The first-order valence-electron chi connectivity index (χ1n) is 7.50. The van der Waals surface area contributed by atoms with Crippen LogP contribution in [0.1, 0.15) is 15.9 Å². The van der Waals surface area contributed by atoms with Crippen LogP contribution in [0.15, 0.2) is 65.8 Å². The monoisotopic (exact) mass is 359 g/mol. The minimum Gasteiger partial charge on any atom is -0.321 e. The van der Waals surface area contributed by atoms with Crippen molar-refractivity contribution in [3.8, 4) is 5.69 Å². The summed E-state index contributed by atoms with van der Waals surface area (Å²) in [4.78, 5) is 12.7. The Bertz CT molecular complexity index is 895. The number of para-hydroxylation sites is 2. The molecule has 7 heteroatoms. The van der Waals surface area contributed by atoms with Crippen molar-refractivity contribution in [2.24, 2.45) is 0 Å². The number of aromatic nitrogens is 2. The number of aryl methyl sites for hydroxylation is 1. The normalized spacial score (nSPS) is 10.9. The Labute approximate surface area is 147 Å². The highest BCUT2D eigenvalue weighted by atomic mass is 32.2. The van der Waals surface area contributed by atoms with Gasteiger partial charge in [0.05, 0.1) is 23.1 Å². The lowest BCUT2D eigenvalue weighted by atomic mass is 10.2. The maximum Gasteiger partial charge on any atom is 0.288 e. The van der Waals surface area contributed by atoms with Crippen molar-refractivity contribution < 1.29 is 13.6 Å². The lowest BCUT2D eigenvalue weighted by molar-refractivity contribution is 0.102. The van der Waals surface area contributed by atoms with E-state index in [2.05, 4.69) is 10.4 Å². The number of rotatable bonds is 5. The molecule has 1 N–H and O–H groups in total. The Morgan fingerprint density at radius 1 is 1.16 bits per heavy atom. The molecule has 0 aliphatic rings. The van der Waals surface area contributed by atoms with Crippen LogP contribution in [0.5, 0.6) is 0 Å². The Kier molecular flexibility index (Phi) is 5.14. The van der Waals surface area contributed by atoms with E-state index in [1.54, 1.807) is 35.1 Å². The number of halogens is 2. The molecule has 0 saturated carbocycles. The molecule has 0 saturated heterocycles. The molecule has 1 aromatic heterocycles. The summed E-state index contributed by atoms with van der Waals surface area (Å²) in [6.45, 7) is 1.95. The van der Waals surface area contributed by atoms with E-state index in [1.807, 2.05) is 31.2 Å². The molecular formula is C18H15F2N3OS. The van der Waals surface area contributed by atoms with Crippen LogP contribution in [0.2, 0.25) is 0 Å². The average molecular weight is 359 g/mol. The van der Waals surface area contributed by atoms with Gasteiger partial charge in [0.1, 0.15) is 0 Å². The Hall–Kier alpha value is -2.67. The lowest BCUT2D eigenvalue weighted by Crippen LogP contribution is -2.12. The molecule has 0 atom stereocenters. The molecular weight excluding hydrogens is 344 g/mol. The van der Waals surface area contributed by atoms with Gasteiger partial charge in [-0.05, 0) is 30.7 Å². The summed E-state index contributed by atoms with van der Waals surface area (Å²) in [5.41, 5.74) is 2.59. The summed E-state index contributed by atoms with van der Waals surface area (Å²) in [6.07, 6.45) is 3.06. The van der Waals surface area contributed by atoms with Gasteiger partial charge in [-0.3, -0.25) is 4.79 Å². The van der Waals surface area contributed by atoms with E-state index in [9.17, 15) is 13.6 Å². The van der Waals surface area contributed by atoms with Crippen LogP contribution in [0, 0.1) is 6.92 Å². The van der Waals surface area contributed by atoms with E-state index < -0.39 is 11.7 Å². The summed E-state index contributed by atoms with van der Waals surface area (Å²) in [5.74, 6) is -2.95. The number of alkyl halides is 2. The van der Waals surface area contributed by atoms with Crippen LogP contribution in [0.4, 0.5) is 14.5 Å². The van der Waals surface area contributed by atoms with Gasteiger partial charge in [-0.2, -0.15) is 13.9 Å².